The molecule has 0 unspecified atom stereocenters. The molecular formula is C15H28N4O2. The van der Waals surface area contributed by atoms with E-state index in [1.807, 2.05) is 28.5 Å². The van der Waals surface area contributed by atoms with Crippen molar-refractivity contribution in [3.8, 4) is 0 Å². The number of piperazine rings is 1. The molecule has 2 heterocycles. The van der Waals surface area contributed by atoms with Crippen LogP contribution >= 0.6 is 0 Å². The van der Waals surface area contributed by atoms with Gasteiger partial charge in [-0.05, 0) is 33.2 Å². The summed E-state index contributed by atoms with van der Waals surface area (Å²) in [6, 6.07) is 0.0895. The summed E-state index contributed by atoms with van der Waals surface area (Å²) in [4.78, 5) is 30.3. The maximum absolute atomic E-state index is 12.4. The smallest absolute Gasteiger partial charge is 0.320 e. The molecule has 3 amide bonds. The van der Waals surface area contributed by atoms with E-state index in [1.165, 1.54) is 0 Å². The minimum absolute atomic E-state index is 0.0104. The molecular weight excluding hydrogens is 268 g/mol. The number of urea groups is 1. The van der Waals surface area contributed by atoms with Crippen LogP contribution in [0.2, 0.25) is 0 Å². The van der Waals surface area contributed by atoms with Crippen molar-refractivity contribution in [2.24, 2.45) is 0 Å². The van der Waals surface area contributed by atoms with Gasteiger partial charge in [0, 0.05) is 39.3 Å². The van der Waals surface area contributed by atoms with Crippen LogP contribution in [0.5, 0.6) is 0 Å². The van der Waals surface area contributed by atoms with Crippen LogP contribution < -0.4 is 5.32 Å². The molecule has 0 bridgehead atoms. The Morgan fingerprint density at radius 2 is 1.67 bits per heavy atom. The highest BCUT2D eigenvalue weighted by molar-refractivity contribution is 5.82. The highest BCUT2D eigenvalue weighted by atomic mass is 16.2. The molecule has 0 aromatic rings. The van der Waals surface area contributed by atoms with Crippen LogP contribution in [0.3, 0.4) is 0 Å². The number of carbonyl (C=O) groups is 2. The maximum atomic E-state index is 12.4. The zero-order valence-electron chi connectivity index (χ0n) is 13.3. The number of nitrogens with zero attached hydrogens (tertiary/aromatic N) is 3. The summed E-state index contributed by atoms with van der Waals surface area (Å²) in [6.07, 6.45) is 3.23. The van der Waals surface area contributed by atoms with Gasteiger partial charge >= 0.3 is 6.03 Å². The molecule has 21 heavy (non-hydrogen) atoms. The molecule has 2 saturated heterocycles. The molecule has 120 valence electrons. The Morgan fingerprint density at radius 1 is 1.05 bits per heavy atom. The molecule has 0 aromatic heterocycles. The average Bonchev–Trinajstić information content (AvgIpc) is 2.56. The molecule has 0 radical (unpaired) electrons. The Morgan fingerprint density at radius 3 is 2.19 bits per heavy atom. The summed E-state index contributed by atoms with van der Waals surface area (Å²) in [6.45, 7) is 9.01. The van der Waals surface area contributed by atoms with Gasteiger partial charge in [0.1, 0.15) is 0 Å². The first kappa shape index (κ1) is 16.1. The Balaban J connectivity index is 1.82. The molecule has 0 saturated carbocycles. The van der Waals surface area contributed by atoms with E-state index in [0.717, 1.165) is 38.9 Å². The van der Waals surface area contributed by atoms with Crippen LogP contribution in [0.15, 0.2) is 0 Å². The quantitative estimate of drug-likeness (QED) is 0.835. The van der Waals surface area contributed by atoms with Gasteiger partial charge in [-0.2, -0.15) is 0 Å². The van der Waals surface area contributed by atoms with Gasteiger partial charge in [-0.3, -0.25) is 4.79 Å². The van der Waals surface area contributed by atoms with Gasteiger partial charge in [-0.1, -0.05) is 6.42 Å². The summed E-state index contributed by atoms with van der Waals surface area (Å²) >= 11 is 0. The van der Waals surface area contributed by atoms with Crippen LogP contribution in [0.4, 0.5) is 4.79 Å². The number of carbonyl (C=O) groups excluding carboxylic acids is 2. The summed E-state index contributed by atoms with van der Waals surface area (Å²) in [5.74, 6) is 0.213. The van der Waals surface area contributed by atoms with Crippen LogP contribution in [0.1, 0.15) is 33.1 Å². The third kappa shape index (κ3) is 3.87. The van der Waals surface area contributed by atoms with Crippen molar-refractivity contribution in [3.63, 3.8) is 0 Å². The van der Waals surface area contributed by atoms with Gasteiger partial charge in [0.15, 0.2) is 0 Å². The molecule has 2 aliphatic rings. The van der Waals surface area contributed by atoms with E-state index in [2.05, 4.69) is 5.32 Å². The molecule has 0 aliphatic carbocycles. The van der Waals surface area contributed by atoms with Crippen molar-refractivity contribution in [3.05, 3.63) is 0 Å². The third-order valence-corrected chi connectivity index (χ3v) is 4.50. The second kappa shape index (κ2) is 7.64. The number of hydrogen-bond donors (Lipinski definition) is 1. The number of amides is 3. The number of hydrogen-bond acceptors (Lipinski definition) is 3. The van der Waals surface area contributed by atoms with E-state index in [4.69, 9.17) is 0 Å². The second-order valence-electron chi connectivity index (χ2n) is 5.77. The van der Waals surface area contributed by atoms with Crippen LogP contribution in [0, 0.1) is 0 Å². The van der Waals surface area contributed by atoms with Crippen LogP contribution in [-0.2, 0) is 4.79 Å². The topological polar surface area (TPSA) is 55.9 Å². The molecule has 2 rings (SSSR count). The van der Waals surface area contributed by atoms with E-state index < -0.39 is 0 Å². The predicted octanol–water partition coefficient (Wildman–Crippen LogP) is 0.735. The summed E-state index contributed by atoms with van der Waals surface area (Å²) in [5, 5.41) is 3.31. The molecule has 2 aliphatic heterocycles. The molecule has 0 aromatic carbocycles. The molecule has 2 fully saturated rings. The lowest BCUT2D eigenvalue weighted by Crippen LogP contribution is -2.57. The number of nitrogens with one attached hydrogen (secondary N) is 1. The van der Waals surface area contributed by atoms with Gasteiger partial charge in [-0.25, -0.2) is 4.79 Å². The van der Waals surface area contributed by atoms with Crippen molar-refractivity contribution in [2.45, 2.75) is 39.2 Å². The number of piperidine rings is 1. The molecule has 6 heteroatoms. The Labute approximate surface area is 127 Å². The average molecular weight is 296 g/mol. The predicted molar refractivity (Wildman–Crippen MR) is 82.1 cm³/mol. The lowest BCUT2D eigenvalue weighted by molar-refractivity contribution is -0.135. The first-order chi connectivity index (χ1) is 10.2. The zero-order valence-corrected chi connectivity index (χ0v) is 13.3. The second-order valence-corrected chi connectivity index (χ2v) is 5.77. The summed E-state index contributed by atoms with van der Waals surface area (Å²) < 4.78 is 0. The summed E-state index contributed by atoms with van der Waals surface area (Å²) in [5.41, 5.74) is 0. The zero-order chi connectivity index (χ0) is 15.2. The van der Waals surface area contributed by atoms with E-state index in [0.29, 0.717) is 26.2 Å². The largest absolute Gasteiger partial charge is 0.338 e. The van der Waals surface area contributed by atoms with E-state index in [1.54, 1.807) is 0 Å². The normalized spacial score (nSPS) is 23.0. The first-order valence-electron chi connectivity index (χ1n) is 8.23. The highest BCUT2D eigenvalue weighted by Gasteiger charge is 2.30. The van der Waals surface area contributed by atoms with Gasteiger partial charge < -0.3 is 20.0 Å². The minimum Gasteiger partial charge on any atom is -0.338 e. The molecule has 1 atom stereocenters. The Hall–Kier alpha value is -1.30. The van der Waals surface area contributed by atoms with E-state index in [9.17, 15) is 9.59 Å². The molecule has 6 nitrogen and oxygen atoms in total. The van der Waals surface area contributed by atoms with Crippen molar-refractivity contribution in [2.75, 3.05) is 45.8 Å². The molecule has 0 spiro atoms. The fourth-order valence-electron chi connectivity index (χ4n) is 3.10. The maximum Gasteiger partial charge on any atom is 0.320 e. The van der Waals surface area contributed by atoms with E-state index in [-0.39, 0.29) is 18.0 Å². The Kier molecular flexibility index (Phi) is 5.85. The van der Waals surface area contributed by atoms with Crippen molar-refractivity contribution < 1.29 is 9.59 Å². The van der Waals surface area contributed by atoms with Gasteiger partial charge in [0.05, 0.1) is 6.04 Å². The van der Waals surface area contributed by atoms with Gasteiger partial charge in [-0.15, -0.1) is 0 Å². The highest BCUT2D eigenvalue weighted by Crippen LogP contribution is 2.12. The minimum atomic E-state index is -0.0104. The third-order valence-electron chi connectivity index (χ3n) is 4.50. The van der Waals surface area contributed by atoms with Crippen molar-refractivity contribution in [1.29, 1.82) is 0 Å². The van der Waals surface area contributed by atoms with E-state index >= 15 is 0 Å². The van der Waals surface area contributed by atoms with Crippen LogP contribution in [-0.4, -0.2) is 78.5 Å². The fourth-order valence-corrected chi connectivity index (χ4v) is 3.10. The fraction of sp³-hybridized carbons (Fsp3) is 0.867. The SMILES string of the molecule is CCN(CC)C(=O)N1CCN(C(=O)[C@@H]2CCCCN2)CC1. The Bertz CT molecular complexity index is 357. The lowest BCUT2D eigenvalue weighted by Gasteiger charge is -2.38. The van der Waals surface area contributed by atoms with Crippen LogP contribution in [0.25, 0.3) is 0 Å². The van der Waals surface area contributed by atoms with Gasteiger partial charge in [0.25, 0.3) is 0 Å². The first-order valence-corrected chi connectivity index (χ1v) is 8.23. The van der Waals surface area contributed by atoms with Crippen molar-refractivity contribution >= 4 is 11.9 Å². The molecule has 1 N–H and O–H groups in total. The van der Waals surface area contributed by atoms with Crippen molar-refractivity contribution in [1.82, 2.24) is 20.0 Å². The number of rotatable bonds is 3. The standard InChI is InChI=1S/C15H28N4O2/c1-3-17(4-2)15(21)19-11-9-18(10-12-19)14(20)13-7-5-6-8-16-13/h13,16H,3-12H2,1-2H3/t13-/m0/s1. The van der Waals surface area contributed by atoms with Gasteiger partial charge in [0.2, 0.25) is 5.91 Å². The summed E-state index contributed by atoms with van der Waals surface area (Å²) in [7, 11) is 0. The lowest BCUT2D eigenvalue weighted by atomic mass is 10.0. The monoisotopic (exact) mass is 296 g/mol.